The van der Waals surface area contributed by atoms with Crippen LogP contribution in [0.25, 0.3) is 0 Å². The summed E-state index contributed by atoms with van der Waals surface area (Å²) in [6.45, 7) is 8.56. The molecule has 178 valence electrons. The number of aryl methyl sites for hydroxylation is 2. The smallest absolute Gasteiger partial charge is 0.251 e. The van der Waals surface area contributed by atoms with Crippen molar-refractivity contribution in [3.05, 3.63) is 81.6 Å². The largest absolute Gasteiger partial charge is 0.352 e. The summed E-state index contributed by atoms with van der Waals surface area (Å²) in [4.78, 5) is 24.9. The van der Waals surface area contributed by atoms with Gasteiger partial charge in [0.2, 0.25) is 5.91 Å². The van der Waals surface area contributed by atoms with E-state index in [1.165, 1.54) is 17.8 Å². The second kappa shape index (κ2) is 12.1. The molecule has 3 aromatic rings. The summed E-state index contributed by atoms with van der Waals surface area (Å²) < 4.78 is 1.88. The Morgan fingerprint density at radius 1 is 1.12 bits per heavy atom. The predicted molar refractivity (Wildman–Crippen MR) is 138 cm³/mol. The van der Waals surface area contributed by atoms with Gasteiger partial charge in [0, 0.05) is 30.8 Å². The van der Waals surface area contributed by atoms with E-state index in [4.69, 9.17) is 23.2 Å². The molecule has 1 heterocycles. The molecule has 2 aromatic carbocycles. The highest BCUT2D eigenvalue weighted by atomic mass is 35.5. The van der Waals surface area contributed by atoms with Gasteiger partial charge in [-0.3, -0.25) is 9.59 Å². The number of thioether (sulfide) groups is 1. The quantitative estimate of drug-likeness (QED) is 0.288. The fourth-order valence-electron chi connectivity index (χ4n) is 3.27. The number of allylic oxidation sites excluding steroid dienone is 1. The van der Waals surface area contributed by atoms with Gasteiger partial charge < -0.3 is 15.2 Å². The minimum absolute atomic E-state index is 0.119. The third-order valence-electron chi connectivity index (χ3n) is 5.00. The summed E-state index contributed by atoms with van der Waals surface area (Å²) in [6.07, 6.45) is 2.20. The highest BCUT2D eigenvalue weighted by Crippen LogP contribution is 2.23. The number of nitrogens with one attached hydrogen (secondary N) is 2. The van der Waals surface area contributed by atoms with Crippen LogP contribution in [-0.2, 0) is 17.8 Å². The number of carbonyl (C=O) groups is 2. The van der Waals surface area contributed by atoms with E-state index in [-0.39, 0.29) is 17.6 Å². The molecule has 0 saturated carbocycles. The highest BCUT2D eigenvalue weighted by Gasteiger charge is 2.15. The molecule has 0 aliphatic carbocycles. The Kier molecular flexibility index (Phi) is 9.15. The molecule has 0 unspecified atom stereocenters. The maximum Gasteiger partial charge on any atom is 0.251 e. The molecule has 0 spiro atoms. The van der Waals surface area contributed by atoms with Crippen molar-refractivity contribution in [2.75, 3.05) is 17.6 Å². The molecule has 2 amide bonds. The van der Waals surface area contributed by atoms with Gasteiger partial charge in [-0.05, 0) is 43.2 Å². The minimum Gasteiger partial charge on any atom is -0.352 e. The second-order valence-electron chi connectivity index (χ2n) is 7.54. The van der Waals surface area contributed by atoms with Gasteiger partial charge in [-0.15, -0.1) is 16.8 Å². The SMILES string of the molecule is C=CCn1c(CCNC(=O)c2ccc(Cl)c(Cl)c2)nnc1SCC(=O)Nc1c(C)cccc1C. The van der Waals surface area contributed by atoms with E-state index < -0.39 is 0 Å². The highest BCUT2D eigenvalue weighted by molar-refractivity contribution is 7.99. The Bertz CT molecular complexity index is 1190. The van der Waals surface area contributed by atoms with E-state index in [1.54, 1.807) is 18.2 Å². The fraction of sp³-hybridized carbons (Fsp3) is 0.250. The topological polar surface area (TPSA) is 88.9 Å². The number of hydrogen-bond donors (Lipinski definition) is 2. The van der Waals surface area contributed by atoms with E-state index in [2.05, 4.69) is 27.4 Å². The first kappa shape index (κ1) is 25.8. The summed E-state index contributed by atoms with van der Waals surface area (Å²) in [7, 11) is 0. The first-order chi connectivity index (χ1) is 16.3. The van der Waals surface area contributed by atoms with Gasteiger partial charge in [-0.25, -0.2) is 0 Å². The summed E-state index contributed by atoms with van der Waals surface area (Å²) in [5, 5.41) is 15.6. The lowest BCUT2D eigenvalue weighted by atomic mass is 10.1. The maximum atomic E-state index is 12.5. The molecule has 3 rings (SSSR count). The van der Waals surface area contributed by atoms with Crippen LogP contribution in [-0.4, -0.2) is 38.9 Å². The number of nitrogens with zero attached hydrogens (tertiary/aromatic N) is 3. The van der Waals surface area contributed by atoms with Crippen LogP contribution in [0.1, 0.15) is 27.3 Å². The van der Waals surface area contributed by atoms with E-state index >= 15 is 0 Å². The van der Waals surface area contributed by atoms with Gasteiger partial charge in [-0.2, -0.15) is 0 Å². The molecule has 0 saturated heterocycles. The number of rotatable bonds is 10. The van der Waals surface area contributed by atoms with Gasteiger partial charge in [0.25, 0.3) is 5.91 Å². The van der Waals surface area contributed by atoms with Crippen molar-refractivity contribution in [2.45, 2.75) is 32.0 Å². The standard InChI is InChI=1S/C24H25Cl2N5O2S/c1-4-12-31-20(10-11-27-23(33)17-8-9-18(25)19(26)13-17)29-30-24(31)34-14-21(32)28-22-15(2)6-5-7-16(22)3/h4-9,13H,1,10-12,14H2,2-3H3,(H,27,33)(H,28,32). The number of benzene rings is 2. The molecule has 0 atom stereocenters. The Morgan fingerprint density at radius 2 is 1.85 bits per heavy atom. The van der Waals surface area contributed by atoms with Gasteiger partial charge in [0.1, 0.15) is 5.82 Å². The van der Waals surface area contributed by atoms with Crippen LogP contribution in [0.15, 0.2) is 54.2 Å². The average molecular weight is 518 g/mol. The van der Waals surface area contributed by atoms with Gasteiger partial charge >= 0.3 is 0 Å². The Hall–Kier alpha value is -2.81. The number of amides is 2. The third kappa shape index (κ3) is 6.62. The molecule has 34 heavy (non-hydrogen) atoms. The van der Waals surface area contributed by atoms with E-state index in [9.17, 15) is 9.59 Å². The minimum atomic E-state index is -0.258. The van der Waals surface area contributed by atoms with Crippen molar-refractivity contribution in [3.63, 3.8) is 0 Å². The lowest BCUT2D eigenvalue weighted by Gasteiger charge is -2.11. The number of carbonyl (C=O) groups excluding carboxylic acids is 2. The van der Waals surface area contributed by atoms with Gasteiger partial charge in [0.15, 0.2) is 5.16 Å². The molecular formula is C24H25Cl2N5O2S. The Labute approximate surface area is 212 Å². The van der Waals surface area contributed by atoms with Gasteiger partial charge in [-0.1, -0.05) is 59.2 Å². The molecule has 0 bridgehead atoms. The first-order valence-corrected chi connectivity index (χ1v) is 12.3. The lowest BCUT2D eigenvalue weighted by molar-refractivity contribution is -0.113. The van der Waals surface area contributed by atoms with Crippen LogP contribution in [0.2, 0.25) is 10.0 Å². The van der Waals surface area contributed by atoms with Crippen molar-refractivity contribution < 1.29 is 9.59 Å². The summed E-state index contributed by atoms with van der Waals surface area (Å²) >= 11 is 13.2. The van der Waals surface area contributed by atoms with Crippen molar-refractivity contribution in [1.82, 2.24) is 20.1 Å². The zero-order valence-corrected chi connectivity index (χ0v) is 21.2. The number of anilines is 1. The number of hydrogen-bond acceptors (Lipinski definition) is 5. The predicted octanol–water partition coefficient (Wildman–Crippen LogP) is 5.09. The van der Waals surface area contributed by atoms with Crippen LogP contribution in [0.4, 0.5) is 5.69 Å². The van der Waals surface area contributed by atoms with Crippen molar-refractivity contribution in [2.24, 2.45) is 0 Å². The third-order valence-corrected chi connectivity index (χ3v) is 6.70. The van der Waals surface area contributed by atoms with Crippen molar-refractivity contribution in [1.29, 1.82) is 0 Å². The van der Waals surface area contributed by atoms with Crippen molar-refractivity contribution in [3.8, 4) is 0 Å². The lowest BCUT2D eigenvalue weighted by Crippen LogP contribution is -2.26. The van der Waals surface area contributed by atoms with Crippen LogP contribution in [0.5, 0.6) is 0 Å². The molecule has 1 aromatic heterocycles. The number of halogens is 2. The normalized spacial score (nSPS) is 10.7. The molecule has 0 aliphatic rings. The van der Waals surface area contributed by atoms with Crippen LogP contribution >= 0.6 is 35.0 Å². The van der Waals surface area contributed by atoms with Crippen molar-refractivity contribution >= 4 is 52.5 Å². The van der Waals surface area contributed by atoms with Crippen LogP contribution in [0, 0.1) is 13.8 Å². The fourth-order valence-corrected chi connectivity index (χ4v) is 4.33. The molecule has 0 radical (unpaired) electrons. The zero-order chi connectivity index (χ0) is 24.7. The summed E-state index contributed by atoms with van der Waals surface area (Å²) in [5.74, 6) is 0.501. The van der Waals surface area contributed by atoms with Crippen LogP contribution in [0.3, 0.4) is 0 Å². The van der Waals surface area contributed by atoms with E-state index in [0.717, 1.165) is 16.8 Å². The molecule has 0 fully saturated rings. The molecule has 0 aliphatic heterocycles. The molecular weight excluding hydrogens is 493 g/mol. The first-order valence-electron chi connectivity index (χ1n) is 10.5. The zero-order valence-electron chi connectivity index (χ0n) is 18.9. The Morgan fingerprint density at radius 3 is 2.53 bits per heavy atom. The monoisotopic (exact) mass is 517 g/mol. The maximum absolute atomic E-state index is 12.5. The number of aromatic nitrogens is 3. The van der Waals surface area contributed by atoms with Crippen LogP contribution < -0.4 is 10.6 Å². The average Bonchev–Trinajstić information content (AvgIpc) is 3.18. The van der Waals surface area contributed by atoms with E-state index in [0.29, 0.717) is 46.1 Å². The van der Waals surface area contributed by atoms with E-state index in [1.807, 2.05) is 36.6 Å². The summed E-state index contributed by atoms with van der Waals surface area (Å²) in [5.41, 5.74) is 3.28. The summed E-state index contributed by atoms with van der Waals surface area (Å²) in [6, 6.07) is 10.6. The molecule has 2 N–H and O–H groups in total. The Balaban J connectivity index is 1.58. The number of para-hydroxylation sites is 1. The van der Waals surface area contributed by atoms with Gasteiger partial charge in [0.05, 0.1) is 15.8 Å². The molecule has 10 heteroatoms. The molecule has 7 nitrogen and oxygen atoms in total. The second-order valence-corrected chi connectivity index (χ2v) is 9.29.